The minimum Gasteiger partial charge on any atom is -0.289 e. The van der Waals surface area contributed by atoms with E-state index in [4.69, 9.17) is 0 Å². The van der Waals surface area contributed by atoms with Crippen molar-refractivity contribution >= 4 is 13.9 Å². The molecule has 0 bridgehead atoms. The second kappa shape index (κ2) is 5.02. The van der Waals surface area contributed by atoms with Crippen molar-refractivity contribution in [1.29, 1.82) is 0 Å². The molecule has 2 heteroatoms. The lowest BCUT2D eigenvalue weighted by Crippen LogP contribution is -2.18. The van der Waals surface area contributed by atoms with Gasteiger partial charge in [-0.25, -0.2) is 0 Å². The molecule has 0 aliphatic heterocycles. The molecular weight excluding hydrogens is 272 g/mol. The molecule has 0 spiro atoms. The van der Waals surface area contributed by atoms with Crippen molar-refractivity contribution in [3.05, 3.63) is 70.3 Å². The summed E-state index contributed by atoms with van der Waals surface area (Å²) >= 11 is 0. The van der Waals surface area contributed by atoms with Gasteiger partial charge in [0.2, 0.25) is 0 Å². The third-order valence-electron chi connectivity index (χ3n) is 3.59. The third-order valence-corrected chi connectivity index (χ3v) is 4.47. The Hall–Kier alpha value is -2.11. The maximum absolute atomic E-state index is 12.8. The first-order chi connectivity index (χ1) is 9.96. The summed E-state index contributed by atoms with van der Waals surface area (Å²) in [6, 6.07) is 13.9. The van der Waals surface area contributed by atoms with Gasteiger partial charge in [-0.1, -0.05) is 62.0 Å². The molecule has 1 aliphatic carbocycles. The molecule has 0 saturated heterocycles. The molecule has 0 fully saturated rings. The Labute approximate surface area is 127 Å². The maximum atomic E-state index is 12.8. The van der Waals surface area contributed by atoms with Crippen LogP contribution in [0.1, 0.15) is 32.6 Å². The Bertz CT molecular complexity index is 785. The number of hydrogen-bond acceptors (Lipinski definition) is 1. The van der Waals surface area contributed by atoms with Gasteiger partial charge in [-0.3, -0.25) is 4.79 Å². The number of carbonyl (C=O) groups excluding carboxylic acids is 1. The molecule has 0 unspecified atom stereocenters. The van der Waals surface area contributed by atoms with E-state index in [-0.39, 0.29) is 5.78 Å². The summed E-state index contributed by atoms with van der Waals surface area (Å²) < 4.78 is 0. The standard InChI is InChI=1S/C19H18OSi/c1-21(2,3)12-11-14-8-6-9-16-13-15-7-4-5-10-17(15)19(20)18(14)16/h4-10H,13H2,1-3H3. The molecule has 0 saturated carbocycles. The van der Waals surface area contributed by atoms with Crippen LogP contribution in [-0.4, -0.2) is 13.9 Å². The molecule has 0 aromatic heterocycles. The minimum absolute atomic E-state index is 0.118. The van der Waals surface area contributed by atoms with Gasteiger partial charge in [0.15, 0.2) is 5.78 Å². The van der Waals surface area contributed by atoms with Crippen molar-refractivity contribution in [3.63, 3.8) is 0 Å². The lowest BCUT2D eigenvalue weighted by molar-refractivity contribution is 0.103. The number of rotatable bonds is 0. The van der Waals surface area contributed by atoms with Crippen LogP contribution in [0, 0.1) is 11.5 Å². The number of benzene rings is 2. The Kier molecular flexibility index (Phi) is 3.31. The fraction of sp³-hybridized carbons (Fsp3) is 0.211. The van der Waals surface area contributed by atoms with Gasteiger partial charge < -0.3 is 0 Å². The van der Waals surface area contributed by atoms with Crippen molar-refractivity contribution in [2.75, 3.05) is 0 Å². The zero-order valence-corrected chi connectivity index (χ0v) is 13.7. The van der Waals surface area contributed by atoms with Gasteiger partial charge in [0.05, 0.1) is 0 Å². The van der Waals surface area contributed by atoms with Crippen LogP contribution in [0.5, 0.6) is 0 Å². The van der Waals surface area contributed by atoms with E-state index in [0.29, 0.717) is 0 Å². The molecule has 0 amide bonds. The summed E-state index contributed by atoms with van der Waals surface area (Å²) in [5.74, 6) is 3.38. The SMILES string of the molecule is C[Si](C)(C)C#Cc1cccc2c1C(=O)c1ccccc1C2. The predicted molar refractivity (Wildman–Crippen MR) is 89.3 cm³/mol. The van der Waals surface area contributed by atoms with Crippen molar-refractivity contribution in [2.24, 2.45) is 0 Å². The third kappa shape index (κ3) is 2.70. The topological polar surface area (TPSA) is 17.1 Å². The number of fused-ring (bicyclic) bond motifs is 2. The van der Waals surface area contributed by atoms with E-state index in [1.807, 2.05) is 42.5 Å². The molecule has 3 rings (SSSR count). The molecule has 1 aliphatic rings. The van der Waals surface area contributed by atoms with Gasteiger partial charge in [0.25, 0.3) is 0 Å². The van der Waals surface area contributed by atoms with Crippen LogP contribution >= 0.6 is 0 Å². The van der Waals surface area contributed by atoms with Crippen LogP contribution < -0.4 is 0 Å². The molecule has 0 atom stereocenters. The molecule has 1 nitrogen and oxygen atoms in total. The molecule has 21 heavy (non-hydrogen) atoms. The van der Waals surface area contributed by atoms with E-state index < -0.39 is 8.07 Å². The first kappa shape index (κ1) is 13.9. The second-order valence-electron chi connectivity index (χ2n) is 6.50. The largest absolute Gasteiger partial charge is 0.289 e. The minimum atomic E-state index is -1.45. The fourth-order valence-electron chi connectivity index (χ4n) is 2.61. The van der Waals surface area contributed by atoms with Gasteiger partial charge in [-0.2, -0.15) is 0 Å². The molecule has 2 aromatic rings. The molecule has 104 valence electrons. The lowest BCUT2D eigenvalue weighted by atomic mass is 9.83. The Morgan fingerprint density at radius 2 is 1.67 bits per heavy atom. The van der Waals surface area contributed by atoms with E-state index in [0.717, 1.165) is 34.2 Å². The van der Waals surface area contributed by atoms with E-state index in [1.54, 1.807) is 0 Å². The Morgan fingerprint density at radius 1 is 0.952 bits per heavy atom. The summed E-state index contributed by atoms with van der Waals surface area (Å²) in [4.78, 5) is 12.8. The predicted octanol–water partition coefficient (Wildman–Crippen LogP) is 4.05. The molecular formula is C19H18OSi. The van der Waals surface area contributed by atoms with Crippen LogP contribution in [0.15, 0.2) is 42.5 Å². The van der Waals surface area contributed by atoms with Crippen LogP contribution in [-0.2, 0) is 6.42 Å². The monoisotopic (exact) mass is 290 g/mol. The Balaban J connectivity index is 2.14. The van der Waals surface area contributed by atoms with E-state index in [2.05, 4.69) is 31.1 Å². The molecule has 0 radical (unpaired) electrons. The van der Waals surface area contributed by atoms with E-state index >= 15 is 0 Å². The number of ketones is 1. The van der Waals surface area contributed by atoms with Crippen molar-refractivity contribution < 1.29 is 4.79 Å². The fourth-order valence-corrected chi connectivity index (χ4v) is 3.12. The summed E-state index contributed by atoms with van der Waals surface area (Å²) in [5.41, 5.74) is 8.10. The average molecular weight is 290 g/mol. The van der Waals surface area contributed by atoms with Gasteiger partial charge in [0, 0.05) is 16.7 Å². The first-order valence-corrected chi connectivity index (χ1v) is 10.7. The summed E-state index contributed by atoms with van der Waals surface area (Å²) in [5, 5.41) is 0. The van der Waals surface area contributed by atoms with E-state index in [1.165, 1.54) is 0 Å². The molecule has 0 N–H and O–H groups in total. The zero-order chi connectivity index (χ0) is 15.0. The van der Waals surface area contributed by atoms with Crippen molar-refractivity contribution in [3.8, 4) is 11.5 Å². The average Bonchev–Trinajstić information content (AvgIpc) is 2.44. The van der Waals surface area contributed by atoms with Crippen LogP contribution in [0.3, 0.4) is 0 Å². The lowest BCUT2D eigenvalue weighted by Gasteiger charge is -2.19. The maximum Gasteiger partial charge on any atom is 0.194 e. The highest BCUT2D eigenvalue weighted by atomic mass is 28.3. The summed E-state index contributed by atoms with van der Waals surface area (Å²) in [6.45, 7) is 6.64. The van der Waals surface area contributed by atoms with Gasteiger partial charge in [-0.05, 0) is 23.6 Å². The van der Waals surface area contributed by atoms with Gasteiger partial charge in [-0.15, -0.1) is 5.54 Å². The highest BCUT2D eigenvalue weighted by molar-refractivity contribution is 6.83. The highest BCUT2D eigenvalue weighted by Gasteiger charge is 2.24. The quantitative estimate of drug-likeness (QED) is 0.451. The van der Waals surface area contributed by atoms with Crippen LogP contribution in [0.2, 0.25) is 19.6 Å². The first-order valence-electron chi connectivity index (χ1n) is 7.23. The van der Waals surface area contributed by atoms with E-state index in [9.17, 15) is 4.79 Å². The highest BCUT2D eigenvalue weighted by Crippen LogP contribution is 2.29. The van der Waals surface area contributed by atoms with Crippen molar-refractivity contribution in [2.45, 2.75) is 26.1 Å². The smallest absolute Gasteiger partial charge is 0.194 e. The number of carbonyl (C=O) groups is 1. The summed E-state index contributed by atoms with van der Waals surface area (Å²) in [6.07, 6.45) is 0.819. The molecule has 0 heterocycles. The van der Waals surface area contributed by atoms with Crippen LogP contribution in [0.25, 0.3) is 0 Å². The van der Waals surface area contributed by atoms with Crippen molar-refractivity contribution in [1.82, 2.24) is 0 Å². The van der Waals surface area contributed by atoms with Crippen LogP contribution in [0.4, 0.5) is 0 Å². The second-order valence-corrected chi connectivity index (χ2v) is 11.3. The van der Waals surface area contributed by atoms with Gasteiger partial charge in [0.1, 0.15) is 8.07 Å². The summed E-state index contributed by atoms with van der Waals surface area (Å²) in [7, 11) is -1.45. The normalized spacial score (nSPS) is 13.0. The van der Waals surface area contributed by atoms with Gasteiger partial charge >= 0.3 is 0 Å². The number of hydrogen-bond donors (Lipinski definition) is 0. The zero-order valence-electron chi connectivity index (χ0n) is 12.7. The molecule has 2 aromatic carbocycles. The Morgan fingerprint density at radius 3 is 2.43 bits per heavy atom.